The van der Waals surface area contributed by atoms with Gasteiger partial charge in [0.05, 0.1) is 23.3 Å². The van der Waals surface area contributed by atoms with Gasteiger partial charge in [-0.25, -0.2) is 9.78 Å². The summed E-state index contributed by atoms with van der Waals surface area (Å²) < 4.78 is 14.0. The van der Waals surface area contributed by atoms with Crippen molar-refractivity contribution in [2.45, 2.75) is 46.6 Å². The Kier molecular flexibility index (Phi) is 6.16. The second-order valence-corrected chi connectivity index (χ2v) is 8.89. The Morgan fingerprint density at radius 3 is 2.71 bits per heavy atom. The molecule has 3 aromatic carbocycles. The largest absolute Gasteiger partial charge is 0.485 e. The summed E-state index contributed by atoms with van der Waals surface area (Å²) in [5.74, 6) is 1.41. The number of esters is 1. The van der Waals surface area contributed by atoms with Gasteiger partial charge >= 0.3 is 5.97 Å². The normalized spacial score (nSPS) is 15.9. The van der Waals surface area contributed by atoms with Crippen molar-refractivity contribution in [1.29, 1.82) is 0 Å². The summed E-state index contributed by atoms with van der Waals surface area (Å²) >= 11 is 0. The number of ether oxygens (including phenoxy) is 2. The molecule has 1 atom stereocenters. The first-order valence-electron chi connectivity index (χ1n) is 12.3. The molecule has 0 N–H and O–H groups in total. The third-order valence-corrected chi connectivity index (χ3v) is 6.48. The van der Waals surface area contributed by atoms with Crippen LogP contribution < -0.4 is 4.74 Å². The standard InChI is InChI=1S/C30H30N2O3/c1-5-10-28-31-30-19(3)11-9-14-26(30)32(28)21-15-16-24-25(18-29(33)34-6-2)23-13-8-7-12-22(23)20(4)35-27(24)17-21/h7-9,11-18,20H,5-6,10H2,1-4H3. The highest BCUT2D eigenvalue weighted by Gasteiger charge is 2.25. The summed E-state index contributed by atoms with van der Waals surface area (Å²) in [4.78, 5) is 17.5. The lowest BCUT2D eigenvalue weighted by atomic mass is 9.92. The highest BCUT2D eigenvalue weighted by atomic mass is 16.5. The first-order valence-corrected chi connectivity index (χ1v) is 12.3. The maximum absolute atomic E-state index is 12.5. The molecular weight excluding hydrogens is 436 g/mol. The minimum atomic E-state index is -0.358. The first-order chi connectivity index (χ1) is 17.0. The third kappa shape index (κ3) is 4.12. The number of hydrogen-bond donors (Lipinski definition) is 0. The molecule has 5 heteroatoms. The van der Waals surface area contributed by atoms with Crippen LogP contribution in [0.25, 0.3) is 22.3 Å². The van der Waals surface area contributed by atoms with E-state index in [0.717, 1.165) is 69.0 Å². The maximum atomic E-state index is 12.5. The van der Waals surface area contributed by atoms with Crippen LogP contribution in [0.5, 0.6) is 5.75 Å². The molecule has 1 aromatic heterocycles. The quantitative estimate of drug-likeness (QED) is 0.242. The van der Waals surface area contributed by atoms with E-state index in [0.29, 0.717) is 6.61 Å². The maximum Gasteiger partial charge on any atom is 0.331 e. The molecule has 0 bridgehead atoms. The van der Waals surface area contributed by atoms with Gasteiger partial charge in [0.1, 0.15) is 17.7 Å². The molecule has 0 saturated heterocycles. The second-order valence-electron chi connectivity index (χ2n) is 8.89. The number of nitrogens with zero attached hydrogens (tertiary/aromatic N) is 2. The zero-order valence-electron chi connectivity index (χ0n) is 20.7. The van der Waals surface area contributed by atoms with Gasteiger partial charge in [-0.1, -0.05) is 43.3 Å². The molecular formula is C30H30N2O3. The predicted molar refractivity (Wildman–Crippen MR) is 139 cm³/mol. The fourth-order valence-electron chi connectivity index (χ4n) is 4.89. The van der Waals surface area contributed by atoms with Gasteiger partial charge in [-0.2, -0.15) is 0 Å². The molecule has 0 fully saturated rings. The van der Waals surface area contributed by atoms with E-state index in [-0.39, 0.29) is 12.1 Å². The van der Waals surface area contributed by atoms with Crippen LogP contribution in [0.3, 0.4) is 0 Å². The van der Waals surface area contributed by atoms with Crippen molar-refractivity contribution in [1.82, 2.24) is 9.55 Å². The van der Waals surface area contributed by atoms with Crippen LogP contribution >= 0.6 is 0 Å². The average Bonchev–Trinajstić information content (AvgIpc) is 3.17. The minimum Gasteiger partial charge on any atom is -0.485 e. The average molecular weight is 467 g/mol. The molecule has 0 spiro atoms. The number of carbonyl (C=O) groups is 1. The molecule has 4 aromatic rings. The molecule has 5 nitrogen and oxygen atoms in total. The van der Waals surface area contributed by atoms with Crippen molar-refractivity contribution in [2.24, 2.45) is 0 Å². The summed E-state index contributed by atoms with van der Waals surface area (Å²) in [7, 11) is 0. The summed E-state index contributed by atoms with van der Waals surface area (Å²) in [6, 6.07) is 20.6. The van der Waals surface area contributed by atoms with Gasteiger partial charge in [-0.15, -0.1) is 0 Å². The number of benzene rings is 3. The van der Waals surface area contributed by atoms with Crippen LogP contribution in [-0.2, 0) is 16.0 Å². The van der Waals surface area contributed by atoms with Gasteiger partial charge in [-0.3, -0.25) is 4.57 Å². The fraction of sp³-hybridized carbons (Fsp3) is 0.267. The summed E-state index contributed by atoms with van der Waals surface area (Å²) in [5, 5.41) is 0. The van der Waals surface area contributed by atoms with E-state index in [1.54, 1.807) is 6.08 Å². The predicted octanol–water partition coefficient (Wildman–Crippen LogP) is 6.73. The Balaban J connectivity index is 1.72. The Labute approximate surface area is 206 Å². The van der Waals surface area contributed by atoms with Crippen LogP contribution in [0, 0.1) is 6.92 Å². The zero-order chi connectivity index (χ0) is 24.5. The first kappa shape index (κ1) is 22.9. The second kappa shape index (κ2) is 9.41. The molecule has 0 radical (unpaired) electrons. The molecule has 2 heterocycles. The molecule has 0 aliphatic carbocycles. The zero-order valence-corrected chi connectivity index (χ0v) is 20.7. The summed E-state index contributed by atoms with van der Waals surface area (Å²) in [6.45, 7) is 8.45. The van der Waals surface area contributed by atoms with Gasteiger partial charge in [0.15, 0.2) is 0 Å². The molecule has 178 valence electrons. The van der Waals surface area contributed by atoms with Crippen molar-refractivity contribution in [2.75, 3.05) is 6.61 Å². The van der Waals surface area contributed by atoms with Crippen molar-refractivity contribution >= 4 is 22.6 Å². The molecule has 1 aliphatic rings. The van der Waals surface area contributed by atoms with Gasteiger partial charge < -0.3 is 9.47 Å². The van der Waals surface area contributed by atoms with Crippen molar-refractivity contribution in [3.63, 3.8) is 0 Å². The van der Waals surface area contributed by atoms with E-state index in [1.165, 1.54) is 0 Å². The monoisotopic (exact) mass is 466 g/mol. The van der Waals surface area contributed by atoms with Crippen LogP contribution in [0.1, 0.15) is 61.4 Å². The van der Waals surface area contributed by atoms with Crippen LogP contribution in [-0.4, -0.2) is 22.1 Å². The highest BCUT2D eigenvalue weighted by molar-refractivity contribution is 5.98. The molecule has 1 aliphatic heterocycles. The van der Waals surface area contributed by atoms with Gasteiger partial charge in [0, 0.05) is 29.7 Å². The number of aromatic nitrogens is 2. The Bertz CT molecular complexity index is 1450. The molecule has 5 rings (SSSR count). The molecule has 0 saturated carbocycles. The van der Waals surface area contributed by atoms with E-state index in [2.05, 4.69) is 54.8 Å². The van der Waals surface area contributed by atoms with Crippen LogP contribution in [0.4, 0.5) is 0 Å². The number of para-hydroxylation sites is 1. The Hall–Kier alpha value is -3.86. The van der Waals surface area contributed by atoms with Gasteiger partial charge in [-0.05, 0) is 62.1 Å². The smallest absolute Gasteiger partial charge is 0.331 e. The number of carbonyl (C=O) groups excluding carboxylic acids is 1. The number of aryl methyl sites for hydroxylation is 2. The van der Waals surface area contributed by atoms with E-state index < -0.39 is 0 Å². The van der Waals surface area contributed by atoms with E-state index in [9.17, 15) is 4.79 Å². The van der Waals surface area contributed by atoms with Crippen molar-refractivity contribution in [3.05, 3.63) is 94.8 Å². The Morgan fingerprint density at radius 2 is 1.91 bits per heavy atom. The lowest BCUT2D eigenvalue weighted by Gasteiger charge is -2.16. The SMILES string of the molecule is CCCc1nc2c(C)cccc2n1-c1ccc2c(c1)OC(C)c1ccccc1C2=CC(=O)OCC. The number of imidazole rings is 1. The number of hydrogen-bond acceptors (Lipinski definition) is 4. The topological polar surface area (TPSA) is 53.4 Å². The summed E-state index contributed by atoms with van der Waals surface area (Å²) in [5.41, 5.74) is 7.96. The lowest BCUT2D eigenvalue weighted by Crippen LogP contribution is -2.05. The van der Waals surface area contributed by atoms with E-state index >= 15 is 0 Å². The molecule has 1 unspecified atom stereocenters. The van der Waals surface area contributed by atoms with Crippen molar-refractivity contribution < 1.29 is 14.3 Å². The summed E-state index contributed by atoms with van der Waals surface area (Å²) in [6.07, 6.45) is 3.29. The number of rotatable bonds is 5. The van der Waals surface area contributed by atoms with E-state index in [1.807, 2.05) is 38.1 Å². The highest BCUT2D eigenvalue weighted by Crippen LogP contribution is 2.42. The molecule has 0 amide bonds. The van der Waals surface area contributed by atoms with Crippen molar-refractivity contribution in [3.8, 4) is 11.4 Å². The Morgan fingerprint density at radius 1 is 1.09 bits per heavy atom. The minimum absolute atomic E-state index is 0.176. The van der Waals surface area contributed by atoms with Gasteiger partial charge in [0.25, 0.3) is 0 Å². The van der Waals surface area contributed by atoms with Crippen LogP contribution in [0.15, 0.2) is 66.7 Å². The fourth-order valence-corrected chi connectivity index (χ4v) is 4.89. The van der Waals surface area contributed by atoms with E-state index in [4.69, 9.17) is 14.5 Å². The number of fused-ring (bicyclic) bond motifs is 3. The van der Waals surface area contributed by atoms with Gasteiger partial charge in [0.2, 0.25) is 0 Å². The van der Waals surface area contributed by atoms with Crippen LogP contribution in [0.2, 0.25) is 0 Å². The third-order valence-electron chi connectivity index (χ3n) is 6.48. The lowest BCUT2D eigenvalue weighted by molar-refractivity contribution is -0.137. The molecule has 35 heavy (non-hydrogen) atoms.